The smallest absolute Gasteiger partial charge is 0.329 e. The van der Waals surface area contributed by atoms with Crippen molar-refractivity contribution in [2.45, 2.75) is 51.9 Å². The maximum absolute atomic E-state index is 13.5. The van der Waals surface area contributed by atoms with Gasteiger partial charge in [-0.15, -0.1) is 0 Å². The van der Waals surface area contributed by atoms with Crippen molar-refractivity contribution in [1.82, 2.24) is 9.55 Å². The quantitative estimate of drug-likeness (QED) is 0.516. The first-order chi connectivity index (χ1) is 19.2. The van der Waals surface area contributed by atoms with E-state index in [0.29, 0.717) is 30.0 Å². The summed E-state index contributed by atoms with van der Waals surface area (Å²) in [7, 11) is 1.42. The number of H-pyrrole nitrogens is 1. The zero-order chi connectivity index (χ0) is 29.9. The van der Waals surface area contributed by atoms with Gasteiger partial charge in [0.2, 0.25) is 5.82 Å². The van der Waals surface area contributed by atoms with Crippen molar-refractivity contribution >= 4 is 35.2 Å². The predicted molar refractivity (Wildman–Crippen MR) is 141 cm³/mol. The van der Waals surface area contributed by atoms with Gasteiger partial charge in [0.25, 0.3) is 11.6 Å². The number of quaternary nitrogens is 1. The van der Waals surface area contributed by atoms with Crippen LogP contribution in [-0.2, 0) is 9.63 Å². The number of amides is 3. The topological polar surface area (TPSA) is 108 Å². The summed E-state index contributed by atoms with van der Waals surface area (Å²) in [6.07, 6.45) is -3.69. The minimum Gasteiger partial charge on any atom is -0.329 e. The molecule has 4 aliphatic rings. The molecule has 5 heterocycles. The Hall–Kier alpha value is -4.18. The minimum atomic E-state index is -5.28. The first-order valence-electron chi connectivity index (χ1n) is 13.3. The Morgan fingerprint density at radius 2 is 1.78 bits per heavy atom. The zero-order valence-electron chi connectivity index (χ0n) is 23.2. The number of nitrogens with one attached hydrogen (secondary N) is 1. The Bertz CT molecular complexity index is 1470. The van der Waals surface area contributed by atoms with E-state index in [2.05, 4.69) is 16.0 Å². The zero-order valence-corrected chi connectivity index (χ0v) is 23.2. The number of hydroxylamine groups is 2. The van der Waals surface area contributed by atoms with Crippen molar-refractivity contribution < 1.29 is 37.4 Å². The van der Waals surface area contributed by atoms with E-state index >= 15 is 0 Å². The summed E-state index contributed by atoms with van der Waals surface area (Å²) in [5.41, 5.74) is 0.0913. The molecule has 0 radical (unpaired) electrons. The first kappa shape index (κ1) is 28.4. The number of aromatic nitrogens is 1. The average molecular weight is 573 g/mol. The van der Waals surface area contributed by atoms with Gasteiger partial charge in [0.15, 0.2) is 0 Å². The molecule has 0 saturated carbocycles. The van der Waals surface area contributed by atoms with Gasteiger partial charge in [-0.05, 0) is 25.0 Å². The van der Waals surface area contributed by atoms with Crippen LogP contribution in [0.1, 0.15) is 49.5 Å². The largest absolute Gasteiger partial charge is 0.529 e. The summed E-state index contributed by atoms with van der Waals surface area (Å²) < 4.78 is 38.6. The number of alkyl halides is 3. The predicted octanol–water partition coefficient (Wildman–Crippen LogP) is 3.81. The number of nitrogens with zero attached hydrogens (tertiary/aromatic N) is 5. The van der Waals surface area contributed by atoms with Crippen LogP contribution in [0.2, 0.25) is 0 Å². The van der Waals surface area contributed by atoms with E-state index in [1.165, 1.54) is 18.0 Å². The fourth-order valence-corrected chi connectivity index (χ4v) is 6.05. The molecule has 1 aromatic heterocycles. The molecule has 216 valence electrons. The number of fused-ring (bicyclic) bond motifs is 4. The van der Waals surface area contributed by atoms with Crippen molar-refractivity contribution in [3.8, 4) is 6.07 Å². The Morgan fingerprint density at radius 1 is 1.10 bits per heavy atom. The van der Waals surface area contributed by atoms with Crippen LogP contribution < -0.4 is 19.4 Å². The van der Waals surface area contributed by atoms with Crippen LogP contribution in [0.3, 0.4) is 0 Å². The van der Waals surface area contributed by atoms with Crippen molar-refractivity contribution in [3.05, 3.63) is 47.5 Å². The van der Waals surface area contributed by atoms with E-state index in [0.717, 1.165) is 12.8 Å². The molecule has 0 aliphatic carbocycles. The summed E-state index contributed by atoms with van der Waals surface area (Å²) in [4.78, 5) is 52.1. The lowest BCUT2D eigenvalue weighted by atomic mass is 9.89. The van der Waals surface area contributed by atoms with E-state index in [4.69, 9.17) is 4.84 Å². The van der Waals surface area contributed by atoms with Crippen LogP contribution in [0.15, 0.2) is 36.4 Å². The highest BCUT2D eigenvalue weighted by Crippen LogP contribution is 2.44. The monoisotopic (exact) mass is 572 g/mol. The first-order valence-corrected chi connectivity index (χ1v) is 13.3. The number of halogens is 3. The summed E-state index contributed by atoms with van der Waals surface area (Å²) in [6, 6.07) is 11.0. The molecular formula is C28H31F3N6O4+2. The van der Waals surface area contributed by atoms with Crippen molar-refractivity contribution in [3.63, 3.8) is 0 Å². The highest BCUT2D eigenvalue weighted by molar-refractivity contribution is 6.07. The number of benzene rings is 1. The molecule has 13 heteroatoms. The number of hydrogen-bond acceptors (Lipinski definition) is 6. The van der Waals surface area contributed by atoms with E-state index in [1.807, 2.05) is 0 Å². The molecule has 0 spiro atoms. The standard InChI is InChI=1S/C28H30F3N6O4/c1-27(2,3)16-37(41-25(39)28(29,30)31)21-11-12-22(33-23(21)34(4)26(37)40)35-14-19-10-9-18(35)15-36(19)24(38)20-8-6-5-7-17(20)13-32/h5-8,11-12,18-19H,9-10,14-16H2,1-4H3/q+1/p+1. The van der Waals surface area contributed by atoms with Gasteiger partial charge in [0.1, 0.15) is 6.54 Å². The fourth-order valence-electron chi connectivity index (χ4n) is 6.05. The molecule has 6 rings (SSSR count). The summed E-state index contributed by atoms with van der Waals surface area (Å²) in [5.74, 6) is -1.79. The van der Waals surface area contributed by atoms with Crippen LogP contribution in [-0.4, -0.2) is 67.7 Å². The summed E-state index contributed by atoms with van der Waals surface area (Å²) in [6.45, 7) is 5.92. The van der Waals surface area contributed by atoms with E-state index in [1.54, 1.807) is 56.0 Å². The lowest BCUT2D eigenvalue weighted by Crippen LogP contribution is -2.65. The number of anilines is 2. The van der Waals surface area contributed by atoms with Crippen LogP contribution in [0, 0.1) is 16.7 Å². The van der Waals surface area contributed by atoms with Crippen LogP contribution in [0.25, 0.3) is 0 Å². The third kappa shape index (κ3) is 4.86. The number of rotatable bonds is 4. The molecule has 41 heavy (non-hydrogen) atoms. The highest BCUT2D eigenvalue weighted by Gasteiger charge is 2.64. The number of pyridine rings is 1. The van der Waals surface area contributed by atoms with Crippen molar-refractivity contribution in [2.75, 3.05) is 36.5 Å². The highest BCUT2D eigenvalue weighted by atomic mass is 19.4. The SMILES string of the molecule is CN1C(=O)[N+](CC(C)(C)C)(OC(=O)C(F)(F)F)c2ccc(N3CC4CCC3CN4C(=O)c3ccccc3C#N)[nH+]c21. The lowest BCUT2D eigenvalue weighted by Gasteiger charge is -2.49. The normalized spacial score (nSPS) is 23.9. The molecule has 3 unspecified atom stereocenters. The number of urea groups is 1. The second-order valence-corrected chi connectivity index (χ2v) is 11.9. The molecule has 4 aliphatic heterocycles. The van der Waals surface area contributed by atoms with Crippen molar-refractivity contribution in [1.29, 1.82) is 5.26 Å². The molecule has 10 nitrogen and oxygen atoms in total. The maximum atomic E-state index is 13.5. The Morgan fingerprint density at radius 3 is 2.39 bits per heavy atom. The van der Waals surface area contributed by atoms with Gasteiger partial charge >= 0.3 is 24.0 Å². The number of aromatic amines is 1. The van der Waals surface area contributed by atoms with Gasteiger partial charge in [-0.3, -0.25) is 9.69 Å². The molecule has 3 amide bonds. The summed E-state index contributed by atoms with van der Waals surface area (Å²) in [5, 5.41) is 9.45. The van der Waals surface area contributed by atoms with Crippen LogP contribution >= 0.6 is 0 Å². The van der Waals surface area contributed by atoms with Gasteiger partial charge in [0.05, 0.1) is 49.4 Å². The third-order valence-electron chi connectivity index (χ3n) is 7.75. The number of carbonyl (C=O) groups excluding carboxylic acids is 3. The minimum absolute atomic E-state index is 0.0632. The second kappa shape index (κ2) is 9.73. The van der Waals surface area contributed by atoms with E-state index in [-0.39, 0.29) is 36.0 Å². The molecule has 3 fully saturated rings. The van der Waals surface area contributed by atoms with Crippen LogP contribution in [0.5, 0.6) is 0 Å². The average Bonchev–Trinajstić information content (AvgIpc) is 3.12. The maximum Gasteiger partial charge on any atom is 0.529 e. The van der Waals surface area contributed by atoms with Crippen LogP contribution in [0.4, 0.5) is 35.3 Å². The molecule has 1 N–H and O–H groups in total. The molecule has 1 aromatic carbocycles. The number of piperazine rings is 1. The lowest BCUT2D eigenvalue weighted by molar-refractivity contribution is -0.349. The Balaban J connectivity index is 1.45. The Labute approximate surface area is 235 Å². The summed E-state index contributed by atoms with van der Waals surface area (Å²) >= 11 is 0. The van der Waals surface area contributed by atoms with E-state index in [9.17, 15) is 32.8 Å². The van der Waals surface area contributed by atoms with Gasteiger partial charge in [-0.2, -0.15) is 28.1 Å². The number of nitriles is 1. The number of hydrogen-bond donors (Lipinski definition) is 0. The van der Waals surface area contributed by atoms with Gasteiger partial charge in [-0.25, -0.2) is 14.6 Å². The third-order valence-corrected chi connectivity index (χ3v) is 7.75. The van der Waals surface area contributed by atoms with Gasteiger partial charge in [0, 0.05) is 22.2 Å². The number of piperidine rings is 2. The van der Waals surface area contributed by atoms with Gasteiger partial charge in [-0.1, -0.05) is 32.9 Å². The Kier molecular flexibility index (Phi) is 6.73. The van der Waals surface area contributed by atoms with E-state index < -0.39 is 28.2 Å². The molecule has 3 saturated heterocycles. The molecule has 2 bridgehead atoms. The fraction of sp³-hybridized carbons (Fsp3) is 0.464. The molecule has 2 aromatic rings. The molecule has 3 atom stereocenters. The second-order valence-electron chi connectivity index (χ2n) is 11.9. The van der Waals surface area contributed by atoms with Gasteiger partial charge < -0.3 is 4.90 Å². The van der Waals surface area contributed by atoms with Crippen molar-refractivity contribution in [2.24, 2.45) is 5.41 Å². The number of carbonyl (C=O) groups is 3. The molecular weight excluding hydrogens is 541 g/mol.